The minimum absolute atomic E-state index is 0.0139. The van der Waals surface area contributed by atoms with Gasteiger partial charge in [-0.2, -0.15) is 13.2 Å². The van der Waals surface area contributed by atoms with E-state index in [0.29, 0.717) is 28.1 Å². The number of aromatic nitrogens is 2. The van der Waals surface area contributed by atoms with Gasteiger partial charge in [0, 0.05) is 35.8 Å². The molecule has 13 nitrogen and oxygen atoms in total. The van der Waals surface area contributed by atoms with Gasteiger partial charge in [-0.25, -0.2) is 18.4 Å². The molecule has 3 N–H and O–H groups in total. The Morgan fingerprint density at radius 3 is 2.23 bits per heavy atom. The second kappa shape index (κ2) is 16.6. The van der Waals surface area contributed by atoms with Crippen molar-refractivity contribution < 1.29 is 40.5 Å². The number of rotatable bonds is 13. The third kappa shape index (κ3) is 8.77. The summed E-state index contributed by atoms with van der Waals surface area (Å²) >= 11 is 7.21. The summed E-state index contributed by atoms with van der Waals surface area (Å²) in [4.78, 5) is 17.3. The molecule has 5 heterocycles. The molecule has 1 fully saturated rings. The van der Waals surface area contributed by atoms with Gasteiger partial charge in [0.25, 0.3) is 0 Å². The largest absolute Gasteiger partial charge is 0.497 e. The number of nitrogens with one attached hydrogen (secondary N) is 1. The number of nitrogen functional groups attached to an aromatic ring is 1. The highest BCUT2D eigenvalue weighted by atomic mass is 35.5. The van der Waals surface area contributed by atoms with Crippen LogP contribution >= 0.6 is 11.6 Å². The standard InChI is InChI=1S/C44H43ClF3N7O6S/c1-26-16-34(54(18-27-7-11-30(58-3)12-8-27)19-28-9-13-31(59-4)14-10-28)53-39(37(26)44(46,47)48)32-17-33-36-40(38(32)45)51-25-52-42(36)55(20-29-6-5-15-50-41(29)49)21-35(61-33)60-22-43(2)23-62(56,57)24-43/h5-17,21,52H,18-20,22-25H2,1-4H3,(H2,49,50). The van der Waals surface area contributed by atoms with Crippen molar-refractivity contribution >= 4 is 38.9 Å². The number of hydrogen-bond acceptors (Lipinski definition) is 13. The van der Waals surface area contributed by atoms with Crippen LogP contribution in [-0.4, -0.2) is 62.3 Å². The van der Waals surface area contributed by atoms with Crippen molar-refractivity contribution in [2.75, 3.05) is 49.6 Å². The molecule has 5 aromatic rings. The normalized spacial score (nSPS) is 16.0. The Hall–Kier alpha value is -6.20. The number of ether oxygens (including phenoxy) is 4. The van der Waals surface area contributed by atoms with E-state index < -0.39 is 32.7 Å². The number of alkyl halides is 3. The first-order chi connectivity index (χ1) is 29.5. The van der Waals surface area contributed by atoms with Gasteiger partial charge in [0.15, 0.2) is 9.84 Å². The zero-order valence-corrected chi connectivity index (χ0v) is 35.8. The zero-order chi connectivity index (χ0) is 44.0. The van der Waals surface area contributed by atoms with E-state index in [1.165, 1.54) is 19.1 Å². The lowest BCUT2D eigenvalue weighted by Crippen LogP contribution is -2.49. The number of halogens is 4. The van der Waals surface area contributed by atoms with Crippen LogP contribution in [0.2, 0.25) is 5.02 Å². The summed E-state index contributed by atoms with van der Waals surface area (Å²) in [6.07, 6.45) is -1.70. The zero-order valence-electron chi connectivity index (χ0n) is 34.2. The maximum atomic E-state index is 15.3. The average Bonchev–Trinajstić information content (AvgIpc) is 3.37. The van der Waals surface area contributed by atoms with Crippen molar-refractivity contribution in [3.63, 3.8) is 0 Å². The topological polar surface area (TPSA) is 154 Å². The SMILES string of the molecule is COc1ccc(CN(Cc2ccc(OC)cc2)c2cc(C)c(C(F)(F)F)c(-c3cc4c5c(c3Cl)=NCNC=5N(Cc3cccnc3N)C=C(OCC3(C)CS(=O)(=O)C3)O4)n2)cc1. The van der Waals surface area contributed by atoms with Crippen LogP contribution in [0.3, 0.4) is 0 Å². The van der Waals surface area contributed by atoms with Crippen LogP contribution in [0, 0.1) is 12.3 Å². The summed E-state index contributed by atoms with van der Waals surface area (Å²) in [5.74, 6) is 2.21. The van der Waals surface area contributed by atoms with Gasteiger partial charge in [0.2, 0.25) is 0 Å². The van der Waals surface area contributed by atoms with Gasteiger partial charge in [-0.05, 0) is 66.1 Å². The lowest BCUT2D eigenvalue weighted by molar-refractivity contribution is -0.137. The third-order valence-corrected chi connectivity index (χ3v) is 13.4. The molecule has 0 atom stereocenters. The Morgan fingerprint density at radius 1 is 1.00 bits per heavy atom. The molecule has 18 heteroatoms. The number of nitrogens with two attached hydrogens (primary N) is 1. The predicted molar refractivity (Wildman–Crippen MR) is 228 cm³/mol. The van der Waals surface area contributed by atoms with Crippen molar-refractivity contribution in [3.05, 3.63) is 135 Å². The van der Waals surface area contributed by atoms with Gasteiger partial charge in [-0.15, -0.1) is 0 Å². The van der Waals surface area contributed by atoms with E-state index in [0.717, 1.165) is 11.1 Å². The number of benzene rings is 3. The third-order valence-electron chi connectivity index (χ3n) is 10.8. The number of hydrogen-bond donors (Lipinski definition) is 2. The van der Waals surface area contributed by atoms with E-state index in [1.54, 1.807) is 50.6 Å². The van der Waals surface area contributed by atoms with Crippen LogP contribution < -0.4 is 40.7 Å². The first kappa shape index (κ1) is 42.5. The summed E-state index contributed by atoms with van der Waals surface area (Å²) in [6, 6.07) is 21.2. The quantitative estimate of drug-likeness (QED) is 0.136. The number of aryl methyl sites for hydroxylation is 1. The number of anilines is 2. The molecule has 3 aromatic carbocycles. The number of nitrogens with zero attached hydrogens (tertiary/aromatic N) is 5. The molecule has 0 amide bonds. The maximum absolute atomic E-state index is 15.3. The summed E-state index contributed by atoms with van der Waals surface area (Å²) in [5, 5.41) is 3.73. The number of sulfone groups is 1. The van der Waals surface area contributed by atoms with Gasteiger partial charge in [-0.1, -0.05) is 48.9 Å². The van der Waals surface area contributed by atoms with Crippen LogP contribution in [0.5, 0.6) is 17.2 Å². The Balaban J connectivity index is 1.28. The number of methoxy groups -OCH3 is 2. The van der Waals surface area contributed by atoms with Crippen LogP contribution in [-0.2, 0) is 40.4 Å². The number of pyridine rings is 2. The van der Waals surface area contributed by atoms with E-state index in [-0.39, 0.29) is 89.3 Å². The highest BCUT2D eigenvalue weighted by molar-refractivity contribution is 7.92. The molecule has 3 aliphatic rings. The molecule has 62 heavy (non-hydrogen) atoms. The first-order valence-electron chi connectivity index (χ1n) is 19.5. The molecule has 0 unspecified atom stereocenters. The molecule has 0 radical (unpaired) electrons. The van der Waals surface area contributed by atoms with Crippen LogP contribution in [0.1, 0.15) is 34.7 Å². The van der Waals surface area contributed by atoms with Gasteiger partial charge >= 0.3 is 12.1 Å². The Labute approximate surface area is 361 Å². The van der Waals surface area contributed by atoms with E-state index in [9.17, 15) is 8.42 Å². The van der Waals surface area contributed by atoms with Gasteiger partial charge in [-0.3, -0.25) is 4.99 Å². The molecular formula is C44H43ClF3N7O6S. The minimum Gasteiger partial charge on any atom is -0.497 e. The van der Waals surface area contributed by atoms with E-state index >= 15 is 13.2 Å². The smallest absolute Gasteiger partial charge is 0.418 e. The lowest BCUT2D eigenvalue weighted by atomic mass is 9.96. The van der Waals surface area contributed by atoms with Gasteiger partial charge < -0.3 is 39.8 Å². The summed E-state index contributed by atoms with van der Waals surface area (Å²) in [5.41, 5.74) is 6.40. The van der Waals surface area contributed by atoms with Gasteiger partial charge in [0.05, 0.1) is 71.9 Å². The van der Waals surface area contributed by atoms with Crippen molar-refractivity contribution in [1.82, 2.24) is 20.2 Å². The fraction of sp³-hybridized carbons (Fsp3) is 0.295. The second-order valence-electron chi connectivity index (χ2n) is 15.7. The predicted octanol–water partition coefficient (Wildman–Crippen LogP) is 6.32. The molecule has 3 aliphatic heterocycles. The van der Waals surface area contributed by atoms with E-state index in [2.05, 4.69) is 15.3 Å². The highest BCUT2D eigenvalue weighted by Crippen LogP contribution is 2.43. The average molecular weight is 890 g/mol. The van der Waals surface area contributed by atoms with E-state index in [4.69, 9.17) is 41.3 Å². The lowest BCUT2D eigenvalue weighted by Gasteiger charge is -2.37. The molecule has 0 spiro atoms. The fourth-order valence-electron chi connectivity index (χ4n) is 7.90. The maximum Gasteiger partial charge on any atom is 0.418 e. The summed E-state index contributed by atoms with van der Waals surface area (Å²) in [7, 11) is -0.0630. The van der Waals surface area contributed by atoms with Crippen LogP contribution in [0.25, 0.3) is 17.1 Å². The Kier molecular flexibility index (Phi) is 11.4. The van der Waals surface area contributed by atoms with Crippen molar-refractivity contribution in [2.45, 2.75) is 39.7 Å². The van der Waals surface area contributed by atoms with Crippen LogP contribution in [0.15, 0.2) is 96.1 Å². The molecular weight excluding hydrogens is 847 g/mol. The molecule has 2 aromatic heterocycles. The minimum atomic E-state index is -4.85. The van der Waals surface area contributed by atoms with E-state index in [1.807, 2.05) is 53.4 Å². The summed E-state index contributed by atoms with van der Waals surface area (Å²) < 4.78 is 93.6. The van der Waals surface area contributed by atoms with Crippen molar-refractivity contribution in [2.24, 2.45) is 10.4 Å². The van der Waals surface area contributed by atoms with Gasteiger partial charge in [0.1, 0.15) is 41.4 Å². The monoisotopic (exact) mass is 889 g/mol. The second-order valence-corrected chi connectivity index (χ2v) is 18.2. The van der Waals surface area contributed by atoms with Crippen LogP contribution in [0.4, 0.5) is 24.8 Å². The molecule has 0 aliphatic carbocycles. The molecule has 1 saturated heterocycles. The molecule has 0 saturated carbocycles. The molecule has 324 valence electrons. The molecule has 0 bridgehead atoms. The Bertz CT molecular complexity index is 2750. The molecule has 8 rings (SSSR count). The van der Waals surface area contributed by atoms with Crippen molar-refractivity contribution in [1.29, 1.82) is 0 Å². The fourth-order valence-corrected chi connectivity index (χ4v) is 10.4. The first-order valence-corrected chi connectivity index (χ1v) is 21.7. The van der Waals surface area contributed by atoms with Crippen molar-refractivity contribution in [3.8, 4) is 28.5 Å². The summed E-state index contributed by atoms with van der Waals surface area (Å²) in [6.45, 7) is 3.91. The Morgan fingerprint density at radius 2 is 1.65 bits per heavy atom. The highest BCUT2D eigenvalue weighted by Gasteiger charge is 2.46.